The first-order valence-corrected chi connectivity index (χ1v) is 7.60. The van der Waals surface area contributed by atoms with E-state index < -0.39 is 0 Å². The maximum absolute atomic E-state index is 11.2. The van der Waals surface area contributed by atoms with Crippen LogP contribution in [0.2, 0.25) is 5.02 Å². The van der Waals surface area contributed by atoms with Crippen LogP contribution in [0.3, 0.4) is 0 Å². The van der Waals surface area contributed by atoms with Gasteiger partial charge in [0.05, 0.1) is 15.5 Å². The SMILES string of the molecule is CCCCCC([S+]=O)c1sc(C#N)c(Cl)c1C#N. The molecule has 0 aliphatic rings. The molecule has 0 fully saturated rings. The van der Waals surface area contributed by atoms with Gasteiger partial charge in [-0.05, 0) is 6.42 Å². The van der Waals surface area contributed by atoms with Crippen molar-refractivity contribution in [1.82, 2.24) is 0 Å². The molecular formula is C12H12ClN2OS2+. The Kier molecular flexibility index (Phi) is 6.21. The van der Waals surface area contributed by atoms with Crippen LogP contribution < -0.4 is 0 Å². The summed E-state index contributed by atoms with van der Waals surface area (Å²) in [4.78, 5) is 0.966. The van der Waals surface area contributed by atoms with Gasteiger partial charge in [0, 0.05) is 10.6 Å². The summed E-state index contributed by atoms with van der Waals surface area (Å²) in [6.07, 6.45) is 3.80. The second-order valence-corrected chi connectivity index (χ2v) is 5.98. The fourth-order valence-corrected chi connectivity index (χ4v) is 3.68. The van der Waals surface area contributed by atoms with Crippen LogP contribution in [0.15, 0.2) is 0 Å². The van der Waals surface area contributed by atoms with E-state index in [1.54, 1.807) is 0 Å². The van der Waals surface area contributed by atoms with E-state index in [1.807, 2.05) is 12.1 Å². The summed E-state index contributed by atoms with van der Waals surface area (Å²) in [6.45, 7) is 2.09. The van der Waals surface area contributed by atoms with E-state index in [4.69, 9.17) is 22.1 Å². The van der Waals surface area contributed by atoms with Gasteiger partial charge in [0.2, 0.25) is 0 Å². The zero-order valence-corrected chi connectivity index (χ0v) is 12.3. The summed E-state index contributed by atoms with van der Waals surface area (Å²) in [5.41, 5.74) is 0.295. The van der Waals surface area contributed by atoms with Gasteiger partial charge in [-0.2, -0.15) is 10.5 Å². The first kappa shape index (κ1) is 15.0. The van der Waals surface area contributed by atoms with Crippen molar-refractivity contribution in [2.75, 3.05) is 0 Å². The third kappa shape index (κ3) is 3.26. The number of nitrogens with zero attached hydrogens (tertiary/aromatic N) is 2. The fourth-order valence-electron chi connectivity index (χ4n) is 1.63. The monoisotopic (exact) mass is 299 g/mol. The number of rotatable bonds is 6. The summed E-state index contributed by atoms with van der Waals surface area (Å²) < 4.78 is 11.2. The Labute approximate surface area is 119 Å². The minimum atomic E-state index is -0.282. The van der Waals surface area contributed by atoms with Gasteiger partial charge in [0.1, 0.15) is 17.0 Å². The lowest BCUT2D eigenvalue weighted by molar-refractivity contribution is 0.588. The summed E-state index contributed by atoms with van der Waals surface area (Å²) >= 11 is 7.59. The molecule has 1 aromatic heterocycles. The van der Waals surface area contributed by atoms with Crippen LogP contribution in [0.25, 0.3) is 0 Å². The molecule has 1 heterocycles. The van der Waals surface area contributed by atoms with Crippen molar-refractivity contribution in [2.24, 2.45) is 0 Å². The third-order valence-corrected chi connectivity index (χ3v) is 5.12. The van der Waals surface area contributed by atoms with Crippen molar-refractivity contribution in [3.63, 3.8) is 0 Å². The fraction of sp³-hybridized carbons (Fsp3) is 0.500. The van der Waals surface area contributed by atoms with Gasteiger partial charge >= 0.3 is 11.7 Å². The second-order valence-electron chi connectivity index (χ2n) is 3.79. The average molecular weight is 300 g/mol. The Bertz CT molecular complexity index is 513. The summed E-state index contributed by atoms with van der Waals surface area (Å²) in [7, 11) is 0. The molecule has 0 bridgehead atoms. The van der Waals surface area contributed by atoms with Crippen LogP contribution in [0.1, 0.15) is 53.2 Å². The molecule has 0 aliphatic heterocycles. The van der Waals surface area contributed by atoms with Crippen molar-refractivity contribution in [3.05, 3.63) is 20.3 Å². The van der Waals surface area contributed by atoms with Gasteiger partial charge < -0.3 is 0 Å². The van der Waals surface area contributed by atoms with Crippen molar-refractivity contribution in [1.29, 1.82) is 10.5 Å². The highest BCUT2D eigenvalue weighted by Gasteiger charge is 2.31. The zero-order valence-electron chi connectivity index (χ0n) is 9.90. The average Bonchev–Trinajstić information content (AvgIpc) is 2.71. The number of thiophene rings is 1. The zero-order chi connectivity index (χ0) is 13.5. The van der Waals surface area contributed by atoms with Crippen molar-refractivity contribution >= 4 is 34.6 Å². The molecule has 6 heteroatoms. The molecule has 0 saturated carbocycles. The summed E-state index contributed by atoms with van der Waals surface area (Å²) in [5, 5.41) is 17.9. The molecular weight excluding hydrogens is 288 g/mol. The molecule has 0 N–H and O–H groups in total. The van der Waals surface area contributed by atoms with E-state index >= 15 is 0 Å². The Morgan fingerprint density at radius 2 is 2.11 bits per heavy atom. The van der Waals surface area contributed by atoms with Crippen LogP contribution >= 0.6 is 22.9 Å². The lowest BCUT2D eigenvalue weighted by atomic mass is 10.1. The van der Waals surface area contributed by atoms with Crippen LogP contribution in [-0.4, -0.2) is 0 Å². The number of hydrogen-bond acceptors (Lipinski definition) is 4. The highest BCUT2D eigenvalue weighted by atomic mass is 35.5. The number of halogens is 1. The predicted molar refractivity (Wildman–Crippen MR) is 73.7 cm³/mol. The molecule has 0 aliphatic carbocycles. The minimum absolute atomic E-state index is 0.189. The molecule has 0 saturated heterocycles. The number of unbranched alkanes of at least 4 members (excludes halogenated alkanes) is 2. The molecule has 0 aromatic carbocycles. The maximum atomic E-state index is 11.2. The summed E-state index contributed by atoms with van der Waals surface area (Å²) in [6, 6.07) is 3.96. The van der Waals surface area contributed by atoms with Crippen LogP contribution in [-0.2, 0) is 15.9 Å². The number of hydrogen-bond donors (Lipinski definition) is 0. The molecule has 0 spiro atoms. The molecule has 3 nitrogen and oxygen atoms in total. The standard InChI is InChI=1S/C12H12ClN2OS2/c1-2-3-4-5-9(18-16)12-8(6-14)11(13)10(7-15)17-12/h9H,2-5H2,1H3/q+1. The molecule has 0 radical (unpaired) electrons. The first-order chi connectivity index (χ1) is 8.69. The van der Waals surface area contributed by atoms with Crippen LogP contribution in [0.4, 0.5) is 0 Å². The van der Waals surface area contributed by atoms with Crippen molar-refractivity contribution in [2.45, 2.75) is 37.9 Å². The van der Waals surface area contributed by atoms with Crippen LogP contribution in [0, 0.1) is 22.7 Å². The smallest absolute Gasteiger partial charge is 0.192 e. The molecule has 1 aromatic rings. The lowest BCUT2D eigenvalue weighted by Crippen LogP contribution is -1.96. The molecule has 1 unspecified atom stereocenters. The third-order valence-electron chi connectivity index (χ3n) is 2.57. The number of nitriles is 2. The second kappa shape index (κ2) is 7.43. The summed E-state index contributed by atoms with van der Waals surface area (Å²) in [5.74, 6) is 0. The Balaban J connectivity index is 3.03. The lowest BCUT2D eigenvalue weighted by Gasteiger charge is -1.98. The Morgan fingerprint density at radius 3 is 2.61 bits per heavy atom. The Hall–Kier alpha value is -1.01. The highest BCUT2D eigenvalue weighted by molar-refractivity contribution is 7.66. The molecule has 1 atom stereocenters. The van der Waals surface area contributed by atoms with Gasteiger partial charge in [-0.1, -0.05) is 31.4 Å². The van der Waals surface area contributed by atoms with E-state index in [-0.39, 0.29) is 10.3 Å². The first-order valence-electron chi connectivity index (χ1n) is 5.60. The van der Waals surface area contributed by atoms with Gasteiger partial charge in [-0.25, -0.2) is 0 Å². The highest BCUT2D eigenvalue weighted by Crippen LogP contribution is 2.38. The predicted octanol–water partition coefficient (Wildman–Crippen LogP) is 4.19. The largest absolute Gasteiger partial charge is 0.468 e. The molecule has 0 amide bonds. The van der Waals surface area contributed by atoms with Gasteiger partial charge in [-0.3, -0.25) is 0 Å². The van der Waals surface area contributed by atoms with Gasteiger partial charge in [-0.15, -0.1) is 11.3 Å². The Morgan fingerprint density at radius 1 is 1.39 bits per heavy atom. The van der Waals surface area contributed by atoms with Crippen LogP contribution in [0.5, 0.6) is 0 Å². The van der Waals surface area contributed by atoms with Gasteiger partial charge in [0.25, 0.3) is 5.25 Å². The topological polar surface area (TPSA) is 64.7 Å². The minimum Gasteiger partial charge on any atom is -0.192 e. The van der Waals surface area contributed by atoms with E-state index in [9.17, 15) is 4.21 Å². The van der Waals surface area contributed by atoms with Gasteiger partial charge in [0.15, 0.2) is 0 Å². The van der Waals surface area contributed by atoms with Crippen molar-refractivity contribution in [3.8, 4) is 12.1 Å². The molecule has 94 valence electrons. The quantitative estimate of drug-likeness (QED) is 0.584. The van der Waals surface area contributed by atoms with E-state index in [0.29, 0.717) is 27.0 Å². The molecule has 18 heavy (non-hydrogen) atoms. The van der Waals surface area contributed by atoms with E-state index in [2.05, 4.69) is 6.92 Å². The maximum Gasteiger partial charge on any atom is 0.468 e. The molecule has 1 rings (SSSR count). The normalized spacial score (nSPS) is 11.6. The van der Waals surface area contributed by atoms with Crippen molar-refractivity contribution < 1.29 is 4.21 Å². The van der Waals surface area contributed by atoms with E-state index in [0.717, 1.165) is 25.7 Å². The van der Waals surface area contributed by atoms with E-state index in [1.165, 1.54) is 11.3 Å².